The summed E-state index contributed by atoms with van der Waals surface area (Å²) in [7, 11) is 122. The predicted molar refractivity (Wildman–Crippen MR) is 330 cm³/mol. The Bertz CT molecular complexity index is 4420. The van der Waals surface area contributed by atoms with E-state index in [1.807, 2.05) is 48.5 Å². The van der Waals surface area contributed by atoms with Crippen LogP contribution < -0.4 is 98.3 Å². The van der Waals surface area contributed by atoms with Crippen molar-refractivity contribution in [3.05, 3.63) is 84.9 Å². The van der Waals surface area contributed by atoms with Crippen molar-refractivity contribution < 1.29 is 0 Å². The van der Waals surface area contributed by atoms with Gasteiger partial charge in [-0.1, -0.05) is 148 Å². The van der Waals surface area contributed by atoms with Crippen molar-refractivity contribution in [3.63, 3.8) is 0 Å². The van der Waals surface area contributed by atoms with Gasteiger partial charge < -0.3 is 0 Å². The van der Waals surface area contributed by atoms with Crippen LogP contribution in [0.15, 0.2) is 84.9 Å². The molecule has 284 valence electrons. The Morgan fingerprint density at radius 2 is 0.444 bits per heavy atom. The first-order valence-electron chi connectivity index (χ1n) is 22.6. The Kier molecular flexibility index (Phi) is 10.7. The van der Waals surface area contributed by atoms with E-state index in [0.29, 0.717) is 86.9 Å². The first-order chi connectivity index (χ1) is 34.3. The monoisotopic (exact) mass is 860 g/mol. The molecule has 0 nitrogen and oxygen atoms in total. The molecule has 12 aromatic carbocycles. The van der Waals surface area contributed by atoms with Crippen LogP contribution >= 0.6 is 0 Å². The molecule has 0 aliphatic carbocycles. The largest absolute Gasteiger partial charge is 0.113 e. The van der Waals surface area contributed by atoms with Gasteiger partial charge in [0.15, 0.2) is 0 Å². The molecule has 0 bridgehead atoms. The van der Waals surface area contributed by atoms with Gasteiger partial charge in [0.05, 0.1) is 0 Å². The van der Waals surface area contributed by atoms with E-state index in [2.05, 4.69) is 36.4 Å². The van der Waals surface area contributed by atoms with E-state index in [0.717, 1.165) is 33.0 Å². The van der Waals surface area contributed by atoms with E-state index in [4.69, 9.17) is 141 Å². The third-order valence-electron chi connectivity index (χ3n) is 15.0. The minimum absolute atomic E-state index is 0.0957. The lowest BCUT2D eigenvalue weighted by molar-refractivity contribution is 1.59. The highest BCUT2D eigenvalue weighted by atomic mass is 14.3. The Labute approximate surface area is 441 Å². The molecule has 18 heteroatoms. The summed E-state index contributed by atoms with van der Waals surface area (Å²) in [5.41, 5.74) is 8.53. The van der Waals surface area contributed by atoms with Gasteiger partial charge >= 0.3 is 0 Å². The first kappa shape index (κ1) is 47.2. The Balaban J connectivity index is 1.14. The summed E-state index contributed by atoms with van der Waals surface area (Å²) < 4.78 is 0. The van der Waals surface area contributed by atoms with Crippen LogP contribution in [0.2, 0.25) is 0 Å². The molecule has 12 rings (SSSR count). The fraction of sp³-hybridized carbons (Fsp3) is 0. The molecule has 12 aromatic rings. The average Bonchev–Trinajstić information content (AvgIpc) is 3.37. The van der Waals surface area contributed by atoms with Crippen molar-refractivity contribution in [1.29, 1.82) is 0 Å². The lowest BCUT2D eigenvalue weighted by Crippen LogP contribution is -2.48. The molecule has 0 unspecified atom stereocenters. The fourth-order valence-electron chi connectivity index (χ4n) is 11.4. The van der Waals surface area contributed by atoms with Crippen molar-refractivity contribution in [2.75, 3.05) is 0 Å². The minimum atomic E-state index is 0.0957. The summed E-state index contributed by atoms with van der Waals surface area (Å²) in [5.74, 6) is 0. The third-order valence-corrected chi connectivity index (χ3v) is 15.0. The maximum absolute atomic E-state index is 7.17. The van der Waals surface area contributed by atoms with Gasteiger partial charge in [-0.25, -0.2) is 0 Å². The second kappa shape index (κ2) is 16.3. The Morgan fingerprint density at radius 1 is 0.167 bits per heavy atom. The smallest absolute Gasteiger partial charge is 0.109 e. The van der Waals surface area contributed by atoms with Gasteiger partial charge in [-0.15, -0.1) is 10.9 Å². The minimum Gasteiger partial charge on any atom is -0.109 e. The lowest BCUT2D eigenvalue weighted by Gasteiger charge is -2.30. The van der Waals surface area contributed by atoms with Crippen LogP contribution in [0.25, 0.3) is 120 Å². The summed E-state index contributed by atoms with van der Waals surface area (Å²) in [4.78, 5) is 0. The summed E-state index contributed by atoms with van der Waals surface area (Å²) in [6, 6.07) is 28.3. The molecule has 0 atom stereocenters. The molecule has 72 heavy (non-hydrogen) atoms. The maximum Gasteiger partial charge on any atom is 0.113 e. The molecule has 0 heterocycles. The van der Waals surface area contributed by atoms with E-state index in [-0.39, 0.29) is 98.3 Å². The summed E-state index contributed by atoms with van der Waals surface area (Å²) in [5, 5.41) is 7.47. The summed E-state index contributed by atoms with van der Waals surface area (Å²) in [6.07, 6.45) is 0. The highest BCUT2D eigenvalue weighted by molar-refractivity contribution is 6.77. The molecule has 0 aromatic heterocycles. The zero-order valence-corrected chi connectivity index (χ0v) is 38.5. The zero-order valence-electron chi connectivity index (χ0n) is 38.5. The van der Waals surface area contributed by atoms with Crippen molar-refractivity contribution >= 4 is 315 Å². The quantitative estimate of drug-likeness (QED) is 0.122. The van der Waals surface area contributed by atoms with Crippen LogP contribution in [0.1, 0.15) is 0 Å². The highest BCUT2D eigenvalue weighted by Gasteiger charge is 2.27. The first-order valence-corrected chi connectivity index (χ1v) is 22.6. The van der Waals surface area contributed by atoms with E-state index < -0.39 is 0 Å². The Morgan fingerprint density at radius 3 is 0.861 bits per heavy atom. The van der Waals surface area contributed by atoms with Gasteiger partial charge in [-0.2, -0.15) is 0 Å². The van der Waals surface area contributed by atoms with Crippen molar-refractivity contribution in [2.24, 2.45) is 0 Å². The predicted octanol–water partition coefficient (Wildman–Crippen LogP) is -6.41. The van der Waals surface area contributed by atoms with Crippen LogP contribution in [-0.4, -0.2) is 141 Å². The number of fused-ring (bicyclic) bond motifs is 1. The van der Waals surface area contributed by atoms with Crippen molar-refractivity contribution in [1.82, 2.24) is 0 Å². The maximum atomic E-state index is 7.17. The second-order valence-electron chi connectivity index (χ2n) is 18.6. The topological polar surface area (TPSA) is 0 Å². The third kappa shape index (κ3) is 6.14. The molecule has 0 fully saturated rings. The zero-order chi connectivity index (χ0) is 51.0. The second-order valence-corrected chi connectivity index (χ2v) is 18.6. The van der Waals surface area contributed by atoms with Crippen LogP contribution in [0.4, 0.5) is 0 Å². The van der Waals surface area contributed by atoms with Gasteiger partial charge in [-0.3, -0.25) is 0 Å². The molecule has 36 radical (unpaired) electrons. The van der Waals surface area contributed by atoms with Gasteiger partial charge in [-0.05, 0) is 144 Å². The molecule has 0 amide bonds. The van der Waals surface area contributed by atoms with E-state index in [1.165, 1.54) is 0 Å². The number of rotatable bonds is 4. The van der Waals surface area contributed by atoms with Crippen LogP contribution in [0.5, 0.6) is 0 Å². The standard InChI is InChI=1S/C54H14B18/c55-37-23(29-25-27-33(43(61)39(29)57)49(67)53(71)51(69)35(27)47(65)45(63)31(25)41(37)59)17-8-5-16(6-9-17)20-12-21(19-10-7-15-3-1-2-4-18(15)11-19)14-22(13-20)24-30-26-28-34(44(62)40(30)58)50(68)54(72)52(70)36(28)48(66)46(64)32(26)42(60)38(24)56/h1-14H. The molecule has 0 aliphatic rings. The van der Waals surface area contributed by atoms with Gasteiger partial charge in [0.1, 0.15) is 141 Å². The lowest BCUT2D eigenvalue weighted by atomic mass is 9.58. The van der Waals surface area contributed by atoms with Crippen LogP contribution in [0.3, 0.4) is 0 Å². The van der Waals surface area contributed by atoms with Gasteiger partial charge in [0.2, 0.25) is 0 Å². The van der Waals surface area contributed by atoms with E-state index >= 15 is 0 Å². The Hall–Kier alpha value is -5.85. The highest BCUT2D eigenvalue weighted by Crippen LogP contribution is 2.40. The van der Waals surface area contributed by atoms with Crippen molar-refractivity contribution in [3.8, 4) is 44.5 Å². The van der Waals surface area contributed by atoms with E-state index in [9.17, 15) is 0 Å². The molecule has 0 saturated carbocycles. The normalized spacial score (nSPS) is 12.1. The molecule has 0 N–H and O–H groups in total. The molecule has 0 saturated heterocycles. The number of hydrogen-bond donors (Lipinski definition) is 0. The molecular formula is C54H14B18. The van der Waals surface area contributed by atoms with Crippen LogP contribution in [0, 0.1) is 0 Å². The van der Waals surface area contributed by atoms with Crippen LogP contribution in [-0.2, 0) is 0 Å². The fourth-order valence-corrected chi connectivity index (χ4v) is 11.4. The SMILES string of the molecule is [B]c1c([B])c2c([B])c([B])c3c([B])c([B])c(-c4ccc(-c5cc(-c6ccc7ccccc7c6)cc(-c6c([B])c([B])c7c([B])c([B])c8c([B])c([B])c([B])c9c([B])c([B])c6c7c89)c5)cc4)c4c([B])c([B])c(c1[B])c2c34. The molecular weight excluding hydrogens is 843 g/mol. The van der Waals surface area contributed by atoms with E-state index in [1.54, 1.807) is 0 Å². The van der Waals surface area contributed by atoms with Crippen molar-refractivity contribution in [2.45, 2.75) is 0 Å². The molecule has 0 aliphatic heterocycles. The van der Waals surface area contributed by atoms with Gasteiger partial charge in [0, 0.05) is 0 Å². The number of hydrogen-bond acceptors (Lipinski definition) is 0. The summed E-state index contributed by atoms with van der Waals surface area (Å²) in [6.45, 7) is 0. The molecule has 0 spiro atoms. The summed E-state index contributed by atoms with van der Waals surface area (Å²) >= 11 is 0. The average molecular weight is 857 g/mol. The number of benzene rings is 12. The van der Waals surface area contributed by atoms with Gasteiger partial charge in [0.25, 0.3) is 0 Å².